The topological polar surface area (TPSA) is 66.1 Å². The van der Waals surface area contributed by atoms with Crippen molar-refractivity contribution >= 4 is 17.4 Å². The molecule has 1 aromatic rings. The summed E-state index contributed by atoms with van der Waals surface area (Å²) >= 11 is 0. The van der Waals surface area contributed by atoms with E-state index in [0.29, 0.717) is 5.92 Å². The molecular weight excluding hydrogens is 368 g/mol. The third kappa shape index (κ3) is 5.62. The highest BCUT2D eigenvalue weighted by Crippen LogP contribution is 2.24. The average molecular weight is 403 g/mol. The first-order chi connectivity index (χ1) is 14.3. The number of hydrogen-bond acceptors (Lipinski definition) is 5. The van der Waals surface area contributed by atoms with Crippen molar-refractivity contribution in [1.82, 2.24) is 10.6 Å². The monoisotopic (exact) mass is 402 g/mol. The maximum Gasteiger partial charge on any atom is 0.322 e. The van der Waals surface area contributed by atoms with Gasteiger partial charge in [-0.2, -0.15) is 0 Å². The van der Waals surface area contributed by atoms with Gasteiger partial charge in [-0.3, -0.25) is 4.90 Å². The maximum atomic E-state index is 13.2. The Bertz CT molecular complexity index is 636. The second-order valence-electron chi connectivity index (χ2n) is 8.26. The Morgan fingerprint density at radius 1 is 1.00 bits per heavy atom. The summed E-state index contributed by atoms with van der Waals surface area (Å²) in [4.78, 5) is 17.5. The largest absolute Gasteiger partial charge is 0.381 e. The number of amides is 2. The molecule has 2 amide bonds. The van der Waals surface area contributed by atoms with Crippen molar-refractivity contribution in [3.8, 4) is 0 Å². The van der Waals surface area contributed by atoms with Crippen LogP contribution in [0.4, 0.5) is 16.2 Å². The fourth-order valence-electron chi connectivity index (χ4n) is 4.39. The summed E-state index contributed by atoms with van der Waals surface area (Å²) < 4.78 is 10.9. The van der Waals surface area contributed by atoms with Crippen LogP contribution in [0.25, 0.3) is 0 Å². The van der Waals surface area contributed by atoms with Crippen molar-refractivity contribution in [1.29, 1.82) is 0 Å². The van der Waals surface area contributed by atoms with Gasteiger partial charge in [-0.05, 0) is 69.0 Å². The lowest BCUT2D eigenvalue weighted by Crippen LogP contribution is -2.49. The minimum Gasteiger partial charge on any atom is -0.381 e. The summed E-state index contributed by atoms with van der Waals surface area (Å²) in [5.41, 5.74) is 2.17. The van der Waals surface area contributed by atoms with Crippen molar-refractivity contribution in [3.05, 3.63) is 24.3 Å². The van der Waals surface area contributed by atoms with E-state index in [-0.39, 0.29) is 12.1 Å². The van der Waals surface area contributed by atoms with Gasteiger partial charge in [0.15, 0.2) is 0 Å². The van der Waals surface area contributed by atoms with Crippen LogP contribution in [0, 0.1) is 5.92 Å². The second kappa shape index (κ2) is 10.3. The molecule has 3 aliphatic rings. The molecule has 0 atom stereocenters. The Morgan fingerprint density at radius 3 is 2.34 bits per heavy atom. The van der Waals surface area contributed by atoms with E-state index in [2.05, 4.69) is 39.8 Å². The lowest BCUT2D eigenvalue weighted by atomic mass is 9.97. The highest BCUT2D eigenvalue weighted by molar-refractivity contribution is 5.92. The van der Waals surface area contributed by atoms with E-state index in [1.807, 2.05) is 4.90 Å². The number of hydrogen-bond donors (Lipinski definition) is 2. The standard InChI is InChI=1S/C22H34N4O3/c27-22(24-19-7-13-28-14-8-19)26(17-18-5-9-23-10-6-18)21-3-1-20(2-4-21)25-11-15-29-16-12-25/h1-4,18-19,23H,5-17H2,(H,24,27). The maximum absolute atomic E-state index is 13.2. The fraction of sp³-hybridized carbons (Fsp3) is 0.682. The third-order valence-electron chi connectivity index (χ3n) is 6.23. The molecule has 7 nitrogen and oxygen atoms in total. The SMILES string of the molecule is O=C(NC1CCOCC1)N(CC1CCNCC1)c1ccc(N2CCOCC2)cc1. The lowest BCUT2D eigenvalue weighted by Gasteiger charge is -2.33. The smallest absolute Gasteiger partial charge is 0.322 e. The van der Waals surface area contributed by atoms with Gasteiger partial charge < -0.3 is 25.0 Å². The molecule has 0 saturated carbocycles. The van der Waals surface area contributed by atoms with E-state index in [9.17, 15) is 4.79 Å². The minimum atomic E-state index is 0.0227. The molecule has 3 fully saturated rings. The van der Waals surface area contributed by atoms with Crippen LogP contribution in [0.3, 0.4) is 0 Å². The number of rotatable bonds is 5. The van der Waals surface area contributed by atoms with Gasteiger partial charge in [0.2, 0.25) is 0 Å². The number of nitrogens with one attached hydrogen (secondary N) is 2. The molecule has 3 saturated heterocycles. The first-order valence-corrected chi connectivity index (χ1v) is 11.1. The van der Waals surface area contributed by atoms with E-state index in [4.69, 9.17) is 9.47 Å². The molecule has 0 unspecified atom stereocenters. The van der Waals surface area contributed by atoms with Crippen LogP contribution >= 0.6 is 0 Å². The van der Waals surface area contributed by atoms with Gasteiger partial charge in [0.25, 0.3) is 0 Å². The van der Waals surface area contributed by atoms with Crippen LogP contribution in [0.5, 0.6) is 0 Å². The van der Waals surface area contributed by atoms with Gasteiger partial charge in [0, 0.05) is 50.3 Å². The van der Waals surface area contributed by atoms with Crippen LogP contribution in [-0.4, -0.2) is 71.2 Å². The summed E-state index contributed by atoms with van der Waals surface area (Å²) in [5.74, 6) is 0.538. The van der Waals surface area contributed by atoms with Crippen LogP contribution in [0.2, 0.25) is 0 Å². The van der Waals surface area contributed by atoms with Crippen LogP contribution in [0.15, 0.2) is 24.3 Å². The number of ether oxygens (including phenoxy) is 2. The third-order valence-corrected chi connectivity index (χ3v) is 6.23. The molecule has 0 radical (unpaired) electrons. The molecule has 4 rings (SSSR count). The molecule has 160 valence electrons. The van der Waals surface area contributed by atoms with E-state index in [1.165, 1.54) is 5.69 Å². The van der Waals surface area contributed by atoms with Gasteiger partial charge in [0.1, 0.15) is 0 Å². The first kappa shape index (κ1) is 20.4. The first-order valence-electron chi connectivity index (χ1n) is 11.1. The molecule has 0 aromatic heterocycles. The van der Waals surface area contributed by atoms with Crippen LogP contribution < -0.4 is 20.4 Å². The lowest BCUT2D eigenvalue weighted by molar-refractivity contribution is 0.0803. The Labute approximate surface area is 173 Å². The molecule has 1 aromatic carbocycles. The van der Waals surface area contributed by atoms with E-state index >= 15 is 0 Å². The van der Waals surface area contributed by atoms with Crippen LogP contribution in [0.1, 0.15) is 25.7 Å². The average Bonchev–Trinajstić information content (AvgIpc) is 2.79. The highest BCUT2D eigenvalue weighted by atomic mass is 16.5. The summed E-state index contributed by atoms with van der Waals surface area (Å²) in [7, 11) is 0. The van der Waals surface area contributed by atoms with Gasteiger partial charge in [0.05, 0.1) is 13.2 Å². The fourth-order valence-corrected chi connectivity index (χ4v) is 4.39. The van der Waals surface area contributed by atoms with Crippen molar-refractivity contribution < 1.29 is 14.3 Å². The number of piperidine rings is 1. The van der Waals surface area contributed by atoms with E-state index in [1.54, 1.807) is 0 Å². The number of urea groups is 1. The van der Waals surface area contributed by atoms with Gasteiger partial charge >= 0.3 is 6.03 Å². The number of benzene rings is 1. The van der Waals surface area contributed by atoms with Crippen molar-refractivity contribution in [2.75, 3.05) is 69.0 Å². The Morgan fingerprint density at radius 2 is 1.66 bits per heavy atom. The van der Waals surface area contributed by atoms with E-state index in [0.717, 1.165) is 90.5 Å². The molecule has 7 heteroatoms. The molecule has 0 aliphatic carbocycles. The molecular formula is C22H34N4O3. The Hall–Kier alpha value is -1.83. The van der Waals surface area contributed by atoms with Crippen molar-refractivity contribution in [3.63, 3.8) is 0 Å². The predicted octanol–water partition coefficient (Wildman–Crippen LogP) is 2.22. The number of morpholine rings is 1. The zero-order chi connectivity index (χ0) is 19.9. The minimum absolute atomic E-state index is 0.0227. The molecule has 3 aliphatic heterocycles. The molecule has 0 bridgehead atoms. The van der Waals surface area contributed by atoms with Gasteiger partial charge in [-0.25, -0.2) is 4.79 Å². The molecule has 3 heterocycles. The quantitative estimate of drug-likeness (QED) is 0.791. The van der Waals surface area contributed by atoms with Crippen LogP contribution in [-0.2, 0) is 9.47 Å². The number of anilines is 2. The van der Waals surface area contributed by atoms with Crippen molar-refractivity contribution in [2.45, 2.75) is 31.7 Å². The number of nitrogens with zero attached hydrogens (tertiary/aromatic N) is 2. The Balaban J connectivity index is 1.46. The van der Waals surface area contributed by atoms with Gasteiger partial charge in [-0.1, -0.05) is 0 Å². The second-order valence-corrected chi connectivity index (χ2v) is 8.26. The Kier molecular flexibility index (Phi) is 7.24. The summed E-state index contributed by atoms with van der Waals surface area (Å²) in [6.45, 7) is 7.69. The molecule has 0 spiro atoms. The summed E-state index contributed by atoms with van der Waals surface area (Å²) in [5, 5.41) is 6.67. The zero-order valence-electron chi connectivity index (χ0n) is 17.3. The normalized spacial score (nSPS) is 21.7. The van der Waals surface area contributed by atoms with E-state index < -0.39 is 0 Å². The van der Waals surface area contributed by atoms with Crippen molar-refractivity contribution in [2.24, 2.45) is 5.92 Å². The number of carbonyl (C=O) groups is 1. The van der Waals surface area contributed by atoms with Gasteiger partial charge in [-0.15, -0.1) is 0 Å². The summed E-state index contributed by atoms with van der Waals surface area (Å²) in [6, 6.07) is 8.69. The molecule has 2 N–H and O–H groups in total. The molecule has 29 heavy (non-hydrogen) atoms. The highest BCUT2D eigenvalue weighted by Gasteiger charge is 2.25. The zero-order valence-corrected chi connectivity index (χ0v) is 17.3. The summed E-state index contributed by atoms with van der Waals surface area (Å²) in [6.07, 6.45) is 4.02. The number of carbonyl (C=O) groups excluding carboxylic acids is 1. The predicted molar refractivity (Wildman–Crippen MR) is 115 cm³/mol.